The van der Waals surface area contributed by atoms with Crippen LogP contribution in [0.25, 0.3) is 0 Å². The number of nitrogens with one attached hydrogen (secondary N) is 15. The third kappa shape index (κ3) is 56.6. The van der Waals surface area contributed by atoms with Gasteiger partial charge < -0.3 is 84.9 Å². The van der Waals surface area contributed by atoms with Gasteiger partial charge in [0.1, 0.15) is 0 Å². The fourth-order valence-corrected chi connectivity index (χ4v) is 8.61. The standard InChI is InChI=1S/C57H125N15O4/c1-58-28-4-7-31-61-34-10-13-37-64-40-16-19-43-67-46-22-25-49-70-54(73)52-57(76,56(75)72-51-27-24-48-69-45-21-18-42-66-39-15-12-36-63-33-9-6-30-60-3)53-55(74)71-50-26-23-47-68-44-20-17-41-65-38-14-11-35-62-32-8-5-29-59-2/h58-69,76H,4-53H2,1-3H3,(H,70,73)(H,71,74)(H,72,75). The summed E-state index contributed by atoms with van der Waals surface area (Å²) in [5.41, 5.74) is -2.14. The van der Waals surface area contributed by atoms with Crippen molar-refractivity contribution in [2.24, 2.45) is 0 Å². The Hall–Kier alpha value is -2.11. The van der Waals surface area contributed by atoms with Gasteiger partial charge in [-0.25, -0.2) is 0 Å². The molecule has 0 heterocycles. The lowest BCUT2D eigenvalue weighted by Crippen LogP contribution is -2.52. The molecule has 0 atom stereocenters. The molecule has 0 radical (unpaired) electrons. The zero-order chi connectivity index (χ0) is 55.2. The van der Waals surface area contributed by atoms with Gasteiger partial charge in [0.05, 0.1) is 12.8 Å². The van der Waals surface area contributed by atoms with Crippen molar-refractivity contribution in [3.8, 4) is 0 Å². The van der Waals surface area contributed by atoms with Crippen LogP contribution in [0.5, 0.6) is 0 Å². The van der Waals surface area contributed by atoms with Crippen molar-refractivity contribution in [1.29, 1.82) is 0 Å². The molecule has 0 fully saturated rings. The summed E-state index contributed by atoms with van der Waals surface area (Å²) in [5.74, 6) is -1.54. The molecule has 16 N–H and O–H groups in total. The molecule has 0 unspecified atom stereocenters. The fourth-order valence-electron chi connectivity index (χ4n) is 8.61. The van der Waals surface area contributed by atoms with Gasteiger partial charge in [0, 0.05) is 19.6 Å². The van der Waals surface area contributed by atoms with Gasteiger partial charge in [-0.05, 0) is 313 Å². The Kier molecular flexibility index (Phi) is 60.4. The molecule has 0 saturated carbocycles. The molecule has 0 aliphatic carbocycles. The second-order valence-electron chi connectivity index (χ2n) is 20.9. The van der Waals surface area contributed by atoms with Gasteiger partial charge in [-0.3, -0.25) is 14.4 Å². The van der Waals surface area contributed by atoms with Crippen LogP contribution in [-0.4, -0.2) is 207 Å². The number of unbranched alkanes of at least 4 members (excludes halogenated alkanes) is 12. The first kappa shape index (κ1) is 73.9. The number of carbonyl (C=O) groups is 3. The summed E-state index contributed by atoms with van der Waals surface area (Å²) >= 11 is 0. The van der Waals surface area contributed by atoms with E-state index in [9.17, 15) is 19.5 Å². The zero-order valence-electron chi connectivity index (χ0n) is 49.5. The number of carbonyl (C=O) groups excluding carboxylic acids is 3. The highest BCUT2D eigenvalue weighted by molar-refractivity contribution is 5.95. The Morgan fingerprint density at radius 3 is 0.592 bits per heavy atom. The summed E-state index contributed by atoms with van der Waals surface area (Å²) in [5, 5.41) is 61.5. The van der Waals surface area contributed by atoms with Gasteiger partial charge in [0.2, 0.25) is 11.8 Å². The van der Waals surface area contributed by atoms with Crippen LogP contribution in [0.4, 0.5) is 0 Å². The predicted octanol–water partition coefficient (Wildman–Crippen LogP) is 2.17. The summed E-state index contributed by atoms with van der Waals surface area (Å²) in [6.45, 7) is 22.9. The average molecular weight is 1080 g/mol. The van der Waals surface area contributed by atoms with E-state index >= 15 is 0 Å². The lowest BCUT2D eigenvalue weighted by Gasteiger charge is -2.26. The molecule has 452 valence electrons. The quantitative estimate of drug-likeness (QED) is 0.0390. The van der Waals surface area contributed by atoms with Crippen molar-refractivity contribution in [1.82, 2.24) is 79.8 Å². The lowest BCUT2D eigenvalue weighted by atomic mass is 9.93. The number of hydrogen-bond acceptors (Lipinski definition) is 16. The first-order valence-electron chi connectivity index (χ1n) is 31.2. The first-order valence-corrected chi connectivity index (χ1v) is 31.2. The van der Waals surface area contributed by atoms with Crippen molar-refractivity contribution in [2.75, 3.05) is 178 Å². The van der Waals surface area contributed by atoms with Crippen LogP contribution < -0.4 is 79.8 Å². The van der Waals surface area contributed by atoms with Crippen LogP contribution in [0.1, 0.15) is 167 Å². The summed E-state index contributed by atoms with van der Waals surface area (Å²) in [6, 6.07) is 0. The molecular formula is C57H125N15O4. The molecule has 19 nitrogen and oxygen atoms in total. The largest absolute Gasteiger partial charge is 0.379 e. The van der Waals surface area contributed by atoms with Crippen molar-refractivity contribution in [3.63, 3.8) is 0 Å². The van der Waals surface area contributed by atoms with Crippen molar-refractivity contribution >= 4 is 17.7 Å². The molecule has 19 heteroatoms. The Labute approximate surface area is 466 Å². The van der Waals surface area contributed by atoms with E-state index in [-0.39, 0.29) is 0 Å². The van der Waals surface area contributed by atoms with Crippen LogP contribution in [-0.2, 0) is 14.4 Å². The van der Waals surface area contributed by atoms with Gasteiger partial charge in [0.25, 0.3) is 5.91 Å². The van der Waals surface area contributed by atoms with Crippen LogP contribution in [0, 0.1) is 0 Å². The maximum atomic E-state index is 13.5. The van der Waals surface area contributed by atoms with Crippen molar-refractivity contribution in [2.45, 2.75) is 173 Å². The second kappa shape index (κ2) is 62.1. The molecule has 0 aliphatic heterocycles. The first-order chi connectivity index (χ1) is 37.4. The zero-order valence-corrected chi connectivity index (χ0v) is 49.5. The lowest BCUT2D eigenvalue weighted by molar-refractivity contribution is -0.149. The summed E-state index contributed by atoms with van der Waals surface area (Å²) in [6.07, 6.45) is 25.3. The van der Waals surface area contributed by atoms with E-state index in [0.29, 0.717) is 19.6 Å². The molecular weight excluding hydrogens is 959 g/mol. The van der Waals surface area contributed by atoms with Crippen molar-refractivity contribution < 1.29 is 19.5 Å². The van der Waals surface area contributed by atoms with Crippen LogP contribution >= 0.6 is 0 Å². The van der Waals surface area contributed by atoms with Crippen molar-refractivity contribution in [3.05, 3.63) is 0 Å². The summed E-state index contributed by atoms with van der Waals surface area (Å²) in [7, 11) is 6.01. The summed E-state index contributed by atoms with van der Waals surface area (Å²) in [4.78, 5) is 39.7. The van der Waals surface area contributed by atoms with E-state index in [1.165, 1.54) is 77.0 Å². The SMILES string of the molecule is CNCCCCNCCCCNCCCCNCCCCNC(=O)CC(O)(CC(=O)NCCCCNCCCCNCCCCNCCCCNC)C(=O)NCCCCNCCCCNCCCCNCCCCNC. The Balaban J connectivity index is 4.39. The highest BCUT2D eigenvalue weighted by Crippen LogP contribution is 2.17. The van der Waals surface area contributed by atoms with Crippen LogP contribution in [0.3, 0.4) is 0 Å². The van der Waals surface area contributed by atoms with Crippen LogP contribution in [0.2, 0.25) is 0 Å². The predicted molar refractivity (Wildman–Crippen MR) is 322 cm³/mol. The molecule has 0 aromatic rings. The second-order valence-corrected chi connectivity index (χ2v) is 20.9. The minimum Gasteiger partial charge on any atom is -0.379 e. The number of amides is 3. The highest BCUT2D eigenvalue weighted by atomic mass is 16.3. The molecule has 76 heavy (non-hydrogen) atoms. The van der Waals surface area contributed by atoms with E-state index in [2.05, 4.69) is 79.8 Å². The molecule has 0 aliphatic rings. The highest BCUT2D eigenvalue weighted by Gasteiger charge is 2.40. The maximum absolute atomic E-state index is 13.5. The number of aliphatic hydroxyl groups is 1. The molecule has 0 aromatic heterocycles. The van der Waals surface area contributed by atoms with Gasteiger partial charge in [-0.1, -0.05) is 0 Å². The van der Waals surface area contributed by atoms with Gasteiger partial charge in [-0.2, -0.15) is 0 Å². The Morgan fingerprint density at radius 2 is 0.408 bits per heavy atom. The van der Waals surface area contributed by atoms with E-state index in [0.717, 1.165) is 214 Å². The molecule has 0 saturated heterocycles. The summed E-state index contributed by atoms with van der Waals surface area (Å²) < 4.78 is 0. The average Bonchev–Trinajstić information content (AvgIpc) is 3.41. The third-order valence-electron chi connectivity index (χ3n) is 13.4. The van der Waals surface area contributed by atoms with E-state index in [1.54, 1.807) is 0 Å². The monoisotopic (exact) mass is 1080 g/mol. The van der Waals surface area contributed by atoms with E-state index in [1.807, 2.05) is 21.1 Å². The third-order valence-corrected chi connectivity index (χ3v) is 13.4. The van der Waals surface area contributed by atoms with Crippen LogP contribution in [0.15, 0.2) is 0 Å². The maximum Gasteiger partial charge on any atom is 0.253 e. The molecule has 0 rings (SSSR count). The molecule has 0 aromatic carbocycles. The number of rotatable bonds is 65. The minimum atomic E-state index is -2.14. The Bertz CT molecular complexity index is 1160. The smallest absolute Gasteiger partial charge is 0.253 e. The van der Waals surface area contributed by atoms with E-state index in [4.69, 9.17) is 0 Å². The van der Waals surface area contributed by atoms with E-state index < -0.39 is 36.2 Å². The fraction of sp³-hybridized carbons (Fsp3) is 0.947. The van der Waals surface area contributed by atoms with Gasteiger partial charge >= 0.3 is 0 Å². The van der Waals surface area contributed by atoms with Gasteiger partial charge in [0.15, 0.2) is 5.60 Å². The van der Waals surface area contributed by atoms with Gasteiger partial charge in [-0.15, -0.1) is 0 Å². The molecule has 0 spiro atoms. The minimum absolute atomic E-state index is 0.362. The normalized spacial score (nSPS) is 11.7. The number of hydrogen-bond donors (Lipinski definition) is 16. The topological polar surface area (TPSA) is 252 Å². The Morgan fingerprint density at radius 1 is 0.250 bits per heavy atom. The molecule has 0 bridgehead atoms. The molecule has 3 amide bonds.